The van der Waals surface area contributed by atoms with Gasteiger partial charge in [-0.1, -0.05) is 43.6 Å². The number of hydrogen-bond acceptors (Lipinski definition) is 4. The molecule has 0 aliphatic carbocycles. The van der Waals surface area contributed by atoms with Crippen molar-refractivity contribution in [1.82, 2.24) is 15.0 Å². The Bertz CT molecular complexity index is 1090. The maximum atomic E-state index is 6.08. The van der Waals surface area contributed by atoms with Gasteiger partial charge in [-0.2, -0.15) is 0 Å². The molecule has 0 aliphatic heterocycles. The van der Waals surface area contributed by atoms with Crippen molar-refractivity contribution in [3.63, 3.8) is 0 Å². The first-order valence-electron chi connectivity index (χ1n) is 9.29. The predicted molar refractivity (Wildman–Crippen MR) is 117 cm³/mol. The van der Waals surface area contributed by atoms with Crippen LogP contribution in [0.3, 0.4) is 0 Å². The van der Waals surface area contributed by atoms with Crippen LogP contribution in [0.4, 0.5) is 17.2 Å². The molecule has 0 saturated carbocycles. The molecule has 4 rings (SSSR count). The minimum absolute atomic E-state index is 0.609. The molecule has 2 aromatic carbocycles. The van der Waals surface area contributed by atoms with E-state index in [1.54, 1.807) is 6.33 Å². The number of rotatable bonds is 6. The van der Waals surface area contributed by atoms with Crippen LogP contribution in [0.2, 0.25) is 5.02 Å². The highest BCUT2D eigenvalue weighted by molar-refractivity contribution is 6.30. The molecule has 5 nitrogen and oxygen atoms in total. The molecule has 3 N–H and O–H groups in total. The Hall–Kier alpha value is -3.05. The summed E-state index contributed by atoms with van der Waals surface area (Å²) in [5, 5.41) is 8.37. The van der Waals surface area contributed by atoms with E-state index in [9.17, 15) is 0 Å². The first-order valence-corrected chi connectivity index (χ1v) is 9.67. The lowest BCUT2D eigenvalue weighted by molar-refractivity contribution is 0.689. The smallest absolute Gasteiger partial charge is 0.143 e. The van der Waals surface area contributed by atoms with Crippen molar-refractivity contribution in [1.29, 1.82) is 0 Å². The first kappa shape index (κ1) is 18.3. The van der Waals surface area contributed by atoms with E-state index in [1.165, 1.54) is 0 Å². The Morgan fingerprint density at radius 2 is 1.82 bits per heavy atom. The maximum Gasteiger partial charge on any atom is 0.143 e. The van der Waals surface area contributed by atoms with E-state index < -0.39 is 0 Å². The quantitative estimate of drug-likeness (QED) is 0.372. The van der Waals surface area contributed by atoms with E-state index in [1.807, 2.05) is 24.3 Å². The van der Waals surface area contributed by atoms with Crippen molar-refractivity contribution in [2.24, 2.45) is 5.92 Å². The van der Waals surface area contributed by atoms with E-state index in [0.29, 0.717) is 10.9 Å². The molecule has 28 heavy (non-hydrogen) atoms. The van der Waals surface area contributed by atoms with Gasteiger partial charge in [0.05, 0.1) is 5.39 Å². The largest absolute Gasteiger partial charge is 0.385 e. The van der Waals surface area contributed by atoms with Gasteiger partial charge in [-0.25, -0.2) is 9.97 Å². The van der Waals surface area contributed by atoms with Crippen molar-refractivity contribution in [2.75, 3.05) is 17.2 Å². The molecule has 0 aliphatic rings. The number of H-pyrrole nitrogens is 1. The summed E-state index contributed by atoms with van der Waals surface area (Å²) in [4.78, 5) is 12.1. The fourth-order valence-electron chi connectivity index (χ4n) is 2.99. The van der Waals surface area contributed by atoms with E-state index in [-0.39, 0.29) is 0 Å². The Kier molecular flexibility index (Phi) is 5.17. The van der Waals surface area contributed by atoms with E-state index >= 15 is 0 Å². The minimum Gasteiger partial charge on any atom is -0.385 e. The number of benzene rings is 2. The van der Waals surface area contributed by atoms with Crippen molar-refractivity contribution >= 4 is 39.8 Å². The normalized spacial score (nSPS) is 11.1. The second-order valence-corrected chi connectivity index (χ2v) is 7.59. The summed E-state index contributed by atoms with van der Waals surface area (Å²) in [5.41, 5.74) is 4.89. The standard InChI is InChI=1S/C22H22ClN5/c1-14(2)12-24-17-8-6-15(7-9-17)20-11-19-21(25-13-26-22(19)28-20)27-18-5-3-4-16(23)10-18/h3-11,13-14,24H,12H2,1-2H3,(H2,25,26,27,28). The number of nitrogens with one attached hydrogen (secondary N) is 3. The summed E-state index contributed by atoms with van der Waals surface area (Å²) >= 11 is 6.08. The van der Waals surface area contributed by atoms with Gasteiger partial charge >= 0.3 is 0 Å². The van der Waals surface area contributed by atoms with Crippen LogP contribution in [-0.4, -0.2) is 21.5 Å². The van der Waals surface area contributed by atoms with Crippen molar-refractivity contribution in [2.45, 2.75) is 13.8 Å². The number of halogens is 1. The molecule has 2 heterocycles. The monoisotopic (exact) mass is 391 g/mol. The fourth-order valence-corrected chi connectivity index (χ4v) is 3.18. The zero-order valence-electron chi connectivity index (χ0n) is 15.8. The topological polar surface area (TPSA) is 65.6 Å². The number of anilines is 3. The molecule has 0 bridgehead atoms. The zero-order chi connectivity index (χ0) is 19.5. The van der Waals surface area contributed by atoms with Gasteiger partial charge in [0.15, 0.2) is 0 Å². The lowest BCUT2D eigenvalue weighted by Gasteiger charge is -2.09. The second kappa shape index (κ2) is 7.90. The van der Waals surface area contributed by atoms with Gasteiger partial charge in [-0.15, -0.1) is 0 Å². The van der Waals surface area contributed by atoms with Crippen LogP contribution in [0.15, 0.2) is 60.9 Å². The summed E-state index contributed by atoms with van der Waals surface area (Å²) in [6, 6.07) is 18.0. The van der Waals surface area contributed by atoms with Gasteiger partial charge in [0.25, 0.3) is 0 Å². The van der Waals surface area contributed by atoms with E-state index in [2.05, 4.69) is 69.8 Å². The van der Waals surface area contributed by atoms with Gasteiger partial charge in [0, 0.05) is 28.6 Å². The third-order valence-corrected chi connectivity index (χ3v) is 4.66. The number of aromatic nitrogens is 3. The van der Waals surface area contributed by atoms with Crippen LogP contribution in [-0.2, 0) is 0 Å². The fraction of sp³-hybridized carbons (Fsp3) is 0.182. The first-order chi connectivity index (χ1) is 13.6. The van der Waals surface area contributed by atoms with E-state index in [0.717, 1.165) is 46.0 Å². The highest BCUT2D eigenvalue weighted by Gasteiger charge is 2.10. The number of aromatic amines is 1. The van der Waals surface area contributed by atoms with Gasteiger partial charge in [0.1, 0.15) is 17.8 Å². The average molecular weight is 392 g/mol. The van der Waals surface area contributed by atoms with Gasteiger partial charge < -0.3 is 15.6 Å². The minimum atomic E-state index is 0.609. The van der Waals surface area contributed by atoms with E-state index in [4.69, 9.17) is 11.6 Å². The van der Waals surface area contributed by atoms with Crippen LogP contribution in [0.25, 0.3) is 22.3 Å². The summed E-state index contributed by atoms with van der Waals surface area (Å²) < 4.78 is 0. The molecule has 4 aromatic rings. The van der Waals surface area contributed by atoms with Crippen molar-refractivity contribution in [3.05, 3.63) is 65.9 Å². The zero-order valence-corrected chi connectivity index (χ0v) is 16.6. The molecule has 0 radical (unpaired) electrons. The molecule has 2 aromatic heterocycles. The Morgan fingerprint density at radius 3 is 2.57 bits per heavy atom. The maximum absolute atomic E-state index is 6.08. The molecule has 0 atom stereocenters. The summed E-state index contributed by atoms with van der Waals surface area (Å²) in [6.45, 7) is 5.35. The molecular formula is C22H22ClN5. The highest BCUT2D eigenvalue weighted by Crippen LogP contribution is 2.29. The predicted octanol–water partition coefficient (Wildman–Crippen LogP) is 6.09. The van der Waals surface area contributed by atoms with Gasteiger partial charge in [-0.3, -0.25) is 0 Å². The van der Waals surface area contributed by atoms with Crippen LogP contribution >= 0.6 is 11.6 Å². The lowest BCUT2D eigenvalue weighted by atomic mass is 10.1. The molecule has 0 amide bonds. The SMILES string of the molecule is CC(C)CNc1ccc(-c2cc3c(Nc4cccc(Cl)c4)ncnc3[nH]2)cc1. The van der Waals surface area contributed by atoms with Crippen LogP contribution in [0, 0.1) is 5.92 Å². The van der Waals surface area contributed by atoms with Crippen LogP contribution < -0.4 is 10.6 Å². The van der Waals surface area contributed by atoms with Crippen LogP contribution in [0.5, 0.6) is 0 Å². The Morgan fingerprint density at radius 1 is 1.00 bits per heavy atom. The van der Waals surface area contributed by atoms with Crippen LogP contribution in [0.1, 0.15) is 13.8 Å². The number of hydrogen-bond donors (Lipinski definition) is 3. The molecule has 0 saturated heterocycles. The number of fused-ring (bicyclic) bond motifs is 1. The summed E-state index contributed by atoms with van der Waals surface area (Å²) in [5.74, 6) is 1.35. The second-order valence-electron chi connectivity index (χ2n) is 7.16. The summed E-state index contributed by atoms with van der Waals surface area (Å²) in [7, 11) is 0. The molecule has 142 valence electrons. The molecule has 6 heteroatoms. The van der Waals surface area contributed by atoms with Crippen molar-refractivity contribution < 1.29 is 0 Å². The Labute approximate surface area is 169 Å². The number of nitrogens with zero attached hydrogens (tertiary/aromatic N) is 2. The lowest BCUT2D eigenvalue weighted by Crippen LogP contribution is -2.07. The van der Waals surface area contributed by atoms with Gasteiger partial charge in [-0.05, 0) is 47.9 Å². The molecular weight excluding hydrogens is 370 g/mol. The molecule has 0 spiro atoms. The highest BCUT2D eigenvalue weighted by atomic mass is 35.5. The van der Waals surface area contributed by atoms with Gasteiger partial charge in [0.2, 0.25) is 0 Å². The van der Waals surface area contributed by atoms with Crippen molar-refractivity contribution in [3.8, 4) is 11.3 Å². The molecule has 0 unspecified atom stereocenters. The summed E-state index contributed by atoms with van der Waals surface area (Å²) in [6.07, 6.45) is 1.55. The molecule has 0 fully saturated rings. The average Bonchev–Trinajstić information content (AvgIpc) is 3.12. The third-order valence-electron chi connectivity index (χ3n) is 4.42. The Balaban J connectivity index is 1.61. The third kappa shape index (κ3) is 4.10.